The van der Waals surface area contributed by atoms with E-state index in [4.69, 9.17) is 5.11 Å². The summed E-state index contributed by atoms with van der Waals surface area (Å²) in [6.45, 7) is 3.64. The average molecular weight is 289 g/mol. The van der Waals surface area contributed by atoms with Gasteiger partial charge in [0.15, 0.2) is 0 Å². The van der Waals surface area contributed by atoms with E-state index in [1.165, 1.54) is 6.07 Å². The van der Waals surface area contributed by atoms with Crippen molar-refractivity contribution in [1.82, 2.24) is 4.98 Å². The molecule has 1 aromatic heterocycles. The second-order valence-electron chi connectivity index (χ2n) is 4.54. The summed E-state index contributed by atoms with van der Waals surface area (Å²) in [7, 11) is -1.31. The van der Waals surface area contributed by atoms with Crippen LogP contribution < -0.4 is 0 Å². The van der Waals surface area contributed by atoms with Crippen LogP contribution in [0.5, 0.6) is 0 Å². The van der Waals surface area contributed by atoms with Gasteiger partial charge < -0.3 is 5.11 Å². The maximum atomic E-state index is 12.3. The van der Waals surface area contributed by atoms with Gasteiger partial charge in [-0.2, -0.15) is 0 Å². The van der Waals surface area contributed by atoms with Crippen molar-refractivity contribution in [2.75, 3.05) is 0 Å². The zero-order valence-corrected chi connectivity index (χ0v) is 12.1. The molecule has 0 saturated carbocycles. The van der Waals surface area contributed by atoms with E-state index >= 15 is 0 Å². The molecule has 2 rings (SSSR count). The van der Waals surface area contributed by atoms with Gasteiger partial charge in [0.2, 0.25) is 0 Å². The van der Waals surface area contributed by atoms with Crippen molar-refractivity contribution >= 4 is 16.8 Å². The molecule has 0 bridgehead atoms. The molecule has 1 aromatic carbocycles. The Morgan fingerprint density at radius 1 is 1.25 bits per heavy atom. The van der Waals surface area contributed by atoms with Crippen LogP contribution in [0, 0.1) is 13.8 Å². The van der Waals surface area contributed by atoms with Gasteiger partial charge in [0.1, 0.15) is 0 Å². The number of carboxylic acids is 1. The minimum Gasteiger partial charge on any atom is -0.478 e. The first kappa shape index (κ1) is 14.4. The highest BCUT2D eigenvalue weighted by molar-refractivity contribution is 7.84. The largest absolute Gasteiger partial charge is 0.478 e. The van der Waals surface area contributed by atoms with Crippen molar-refractivity contribution < 1.29 is 14.1 Å². The Morgan fingerprint density at radius 2 is 2.00 bits per heavy atom. The summed E-state index contributed by atoms with van der Waals surface area (Å²) in [4.78, 5) is 15.8. The van der Waals surface area contributed by atoms with Gasteiger partial charge >= 0.3 is 5.97 Å². The predicted octanol–water partition coefficient (Wildman–Crippen LogP) is 2.70. The number of hydrogen-bond donors (Lipinski definition) is 1. The zero-order valence-electron chi connectivity index (χ0n) is 11.3. The van der Waals surface area contributed by atoms with Gasteiger partial charge in [-0.15, -0.1) is 0 Å². The van der Waals surface area contributed by atoms with Crippen LogP contribution in [0.1, 0.15) is 27.2 Å². The summed E-state index contributed by atoms with van der Waals surface area (Å²) in [5, 5.41) is 9.09. The molecular weight excluding hydrogens is 274 g/mol. The topological polar surface area (TPSA) is 67.3 Å². The van der Waals surface area contributed by atoms with Crippen molar-refractivity contribution in [3.05, 3.63) is 58.9 Å². The van der Waals surface area contributed by atoms with Gasteiger partial charge in [-0.05, 0) is 43.2 Å². The summed E-state index contributed by atoms with van der Waals surface area (Å²) < 4.78 is 12.3. The smallest absolute Gasteiger partial charge is 0.335 e. The Morgan fingerprint density at radius 3 is 2.65 bits per heavy atom. The first-order valence-corrected chi connectivity index (χ1v) is 7.43. The molecule has 1 N–H and O–H groups in total. The SMILES string of the molecule is Cc1ccc(S(=O)Cc2ncccc2C)cc1C(=O)O. The van der Waals surface area contributed by atoms with Crippen LogP contribution in [-0.2, 0) is 16.6 Å². The lowest BCUT2D eigenvalue weighted by atomic mass is 10.1. The van der Waals surface area contributed by atoms with E-state index in [-0.39, 0.29) is 11.3 Å². The number of aromatic nitrogens is 1. The lowest BCUT2D eigenvalue weighted by Crippen LogP contribution is -2.04. The van der Waals surface area contributed by atoms with Crippen molar-refractivity contribution in [3.8, 4) is 0 Å². The second kappa shape index (κ2) is 5.96. The number of rotatable bonds is 4. The van der Waals surface area contributed by atoms with E-state index < -0.39 is 16.8 Å². The van der Waals surface area contributed by atoms with Crippen LogP contribution in [0.15, 0.2) is 41.4 Å². The maximum Gasteiger partial charge on any atom is 0.335 e. The fraction of sp³-hybridized carbons (Fsp3) is 0.200. The third-order valence-electron chi connectivity index (χ3n) is 3.09. The highest BCUT2D eigenvalue weighted by Crippen LogP contribution is 2.17. The molecule has 0 spiro atoms. The molecule has 5 heteroatoms. The molecular formula is C15H15NO3S. The van der Waals surface area contributed by atoms with Crippen LogP contribution in [0.4, 0.5) is 0 Å². The molecule has 4 nitrogen and oxygen atoms in total. The van der Waals surface area contributed by atoms with E-state index in [2.05, 4.69) is 4.98 Å². The molecule has 104 valence electrons. The molecule has 2 aromatic rings. The van der Waals surface area contributed by atoms with E-state index in [0.29, 0.717) is 10.5 Å². The second-order valence-corrected chi connectivity index (χ2v) is 5.99. The number of benzene rings is 1. The van der Waals surface area contributed by atoms with Crippen molar-refractivity contribution in [2.45, 2.75) is 24.5 Å². The third kappa shape index (κ3) is 3.11. The quantitative estimate of drug-likeness (QED) is 0.939. The fourth-order valence-electron chi connectivity index (χ4n) is 1.85. The maximum absolute atomic E-state index is 12.3. The minimum atomic E-state index is -1.31. The lowest BCUT2D eigenvalue weighted by Gasteiger charge is -2.07. The van der Waals surface area contributed by atoms with Crippen LogP contribution in [0.25, 0.3) is 0 Å². The third-order valence-corrected chi connectivity index (χ3v) is 4.40. The number of hydrogen-bond acceptors (Lipinski definition) is 3. The normalized spacial score (nSPS) is 12.1. The Kier molecular flexibility index (Phi) is 4.29. The zero-order chi connectivity index (χ0) is 14.7. The Balaban J connectivity index is 2.28. The molecule has 1 unspecified atom stereocenters. The van der Waals surface area contributed by atoms with E-state index in [1.54, 1.807) is 25.3 Å². The van der Waals surface area contributed by atoms with Crippen LogP contribution >= 0.6 is 0 Å². The standard InChI is InChI=1S/C15H15NO3S/c1-10-5-6-12(8-13(10)15(17)18)20(19)9-14-11(2)4-3-7-16-14/h3-8H,9H2,1-2H3,(H,17,18). The van der Waals surface area contributed by atoms with E-state index in [1.807, 2.05) is 19.1 Å². The number of nitrogens with zero attached hydrogens (tertiary/aromatic N) is 1. The van der Waals surface area contributed by atoms with E-state index in [9.17, 15) is 9.00 Å². The number of carbonyl (C=O) groups is 1. The van der Waals surface area contributed by atoms with Crippen LogP contribution in [-0.4, -0.2) is 20.3 Å². The van der Waals surface area contributed by atoms with Gasteiger partial charge in [0, 0.05) is 11.1 Å². The van der Waals surface area contributed by atoms with Gasteiger partial charge in [0.25, 0.3) is 0 Å². The first-order chi connectivity index (χ1) is 9.49. The van der Waals surface area contributed by atoms with Crippen molar-refractivity contribution in [1.29, 1.82) is 0 Å². The summed E-state index contributed by atoms with van der Waals surface area (Å²) in [5.41, 5.74) is 2.59. The average Bonchev–Trinajstić information content (AvgIpc) is 2.41. The fourth-order valence-corrected chi connectivity index (χ4v) is 3.04. The summed E-state index contributed by atoms with van der Waals surface area (Å²) in [6, 6.07) is 8.61. The minimum absolute atomic E-state index is 0.189. The number of pyridine rings is 1. The van der Waals surface area contributed by atoms with Crippen molar-refractivity contribution in [3.63, 3.8) is 0 Å². The van der Waals surface area contributed by atoms with Crippen LogP contribution in [0.2, 0.25) is 0 Å². The summed E-state index contributed by atoms with van der Waals surface area (Å²) in [6.07, 6.45) is 1.66. The summed E-state index contributed by atoms with van der Waals surface area (Å²) >= 11 is 0. The molecule has 0 amide bonds. The van der Waals surface area contributed by atoms with Gasteiger partial charge in [0.05, 0.1) is 27.8 Å². The molecule has 1 atom stereocenters. The highest BCUT2D eigenvalue weighted by atomic mass is 32.2. The molecule has 0 aliphatic heterocycles. The number of carboxylic acid groups (broad SMARTS) is 1. The number of aryl methyl sites for hydroxylation is 2. The molecule has 1 heterocycles. The molecule has 20 heavy (non-hydrogen) atoms. The molecule has 0 saturated heterocycles. The molecule has 0 radical (unpaired) electrons. The van der Waals surface area contributed by atoms with Gasteiger partial charge in [-0.3, -0.25) is 9.19 Å². The molecule has 0 aliphatic carbocycles. The first-order valence-electron chi connectivity index (χ1n) is 6.12. The monoisotopic (exact) mass is 289 g/mol. The van der Waals surface area contributed by atoms with Crippen molar-refractivity contribution in [2.24, 2.45) is 0 Å². The number of aromatic carboxylic acids is 1. The predicted molar refractivity (Wildman–Crippen MR) is 77.2 cm³/mol. The van der Waals surface area contributed by atoms with Gasteiger partial charge in [-0.25, -0.2) is 4.79 Å². The Hall–Kier alpha value is -2.01. The van der Waals surface area contributed by atoms with E-state index in [0.717, 1.165) is 11.3 Å². The van der Waals surface area contributed by atoms with Gasteiger partial charge in [-0.1, -0.05) is 12.1 Å². The molecule has 0 aliphatic rings. The summed E-state index contributed by atoms with van der Waals surface area (Å²) in [5.74, 6) is -0.718. The Labute approximate surface area is 119 Å². The van der Waals surface area contributed by atoms with Crippen LogP contribution in [0.3, 0.4) is 0 Å². The highest BCUT2D eigenvalue weighted by Gasteiger charge is 2.13. The Bertz CT molecular complexity index is 683. The lowest BCUT2D eigenvalue weighted by molar-refractivity contribution is 0.0696. The molecule has 0 fully saturated rings.